The second-order valence-corrected chi connectivity index (χ2v) is 7.84. The Morgan fingerprint density at radius 3 is 2.67 bits per heavy atom. The molecule has 0 aliphatic carbocycles. The Kier molecular flexibility index (Phi) is 5.86. The molecule has 0 aliphatic rings. The first-order chi connectivity index (χ1) is 14.5. The predicted molar refractivity (Wildman–Crippen MR) is 120 cm³/mol. The minimum absolute atomic E-state index is 0.101. The third kappa shape index (κ3) is 4.39. The van der Waals surface area contributed by atoms with E-state index >= 15 is 0 Å². The van der Waals surface area contributed by atoms with Gasteiger partial charge in [0, 0.05) is 30.2 Å². The van der Waals surface area contributed by atoms with Crippen LogP contribution in [0.15, 0.2) is 72.9 Å². The molecule has 4 rings (SSSR count). The second-order valence-electron chi connectivity index (χ2n) is 7.43. The van der Waals surface area contributed by atoms with Crippen molar-refractivity contribution in [3.63, 3.8) is 0 Å². The molecular formula is C25H22ClFN2O. The summed E-state index contributed by atoms with van der Waals surface area (Å²) < 4.78 is 15.7. The summed E-state index contributed by atoms with van der Waals surface area (Å²) in [6.07, 6.45) is 2.44. The normalized spacial score (nSPS) is 11.0. The lowest BCUT2D eigenvalue weighted by molar-refractivity contribution is 0.0955. The van der Waals surface area contributed by atoms with Crippen molar-refractivity contribution in [3.05, 3.63) is 106 Å². The molecule has 3 nitrogen and oxygen atoms in total. The second kappa shape index (κ2) is 8.72. The van der Waals surface area contributed by atoms with E-state index in [4.69, 9.17) is 11.6 Å². The van der Waals surface area contributed by atoms with Crippen LogP contribution in [0, 0.1) is 12.7 Å². The SMILES string of the molecule is Cc1cccc(Cn2cc(C(=O)NCCc3ccc(Cl)c(F)c3)c3ccccc32)c1. The topological polar surface area (TPSA) is 34.0 Å². The van der Waals surface area contributed by atoms with Crippen LogP contribution >= 0.6 is 11.6 Å². The maximum absolute atomic E-state index is 13.6. The Hall–Kier alpha value is -3.11. The number of rotatable bonds is 6. The van der Waals surface area contributed by atoms with Crippen molar-refractivity contribution in [2.24, 2.45) is 0 Å². The maximum Gasteiger partial charge on any atom is 0.253 e. The zero-order valence-corrected chi connectivity index (χ0v) is 17.4. The Balaban J connectivity index is 1.51. The van der Waals surface area contributed by atoms with E-state index in [1.54, 1.807) is 6.07 Å². The highest BCUT2D eigenvalue weighted by Gasteiger charge is 2.15. The van der Waals surface area contributed by atoms with E-state index in [0.29, 0.717) is 25.1 Å². The number of carbonyl (C=O) groups is 1. The van der Waals surface area contributed by atoms with Crippen LogP contribution in [0.1, 0.15) is 27.0 Å². The summed E-state index contributed by atoms with van der Waals surface area (Å²) in [4.78, 5) is 12.9. The zero-order chi connectivity index (χ0) is 21.1. The van der Waals surface area contributed by atoms with E-state index in [2.05, 4.69) is 35.0 Å². The number of fused-ring (bicyclic) bond motifs is 1. The third-order valence-electron chi connectivity index (χ3n) is 5.15. The van der Waals surface area contributed by atoms with Crippen molar-refractivity contribution in [1.82, 2.24) is 9.88 Å². The molecule has 0 spiro atoms. The van der Waals surface area contributed by atoms with Crippen LogP contribution in [0.25, 0.3) is 10.9 Å². The summed E-state index contributed by atoms with van der Waals surface area (Å²) in [5, 5.41) is 3.97. The zero-order valence-electron chi connectivity index (χ0n) is 16.7. The van der Waals surface area contributed by atoms with Gasteiger partial charge < -0.3 is 9.88 Å². The lowest BCUT2D eigenvalue weighted by atomic mass is 10.1. The molecule has 30 heavy (non-hydrogen) atoms. The molecule has 0 fully saturated rings. The fraction of sp³-hybridized carbons (Fsp3) is 0.160. The van der Waals surface area contributed by atoms with E-state index in [1.807, 2.05) is 36.5 Å². The van der Waals surface area contributed by atoms with Crippen LogP contribution in [-0.4, -0.2) is 17.0 Å². The van der Waals surface area contributed by atoms with E-state index < -0.39 is 5.82 Å². The standard InChI is InChI=1S/C25H22ClFN2O/c1-17-5-4-6-19(13-17)15-29-16-21(20-7-2-3-8-24(20)29)25(30)28-12-11-18-9-10-22(26)23(27)14-18/h2-10,13-14,16H,11-12,15H2,1H3,(H,28,30). The molecule has 3 aromatic carbocycles. The summed E-state index contributed by atoms with van der Waals surface area (Å²) >= 11 is 5.72. The molecular weight excluding hydrogens is 399 g/mol. The Morgan fingerprint density at radius 2 is 1.87 bits per heavy atom. The molecule has 4 aromatic rings. The Labute approximate surface area is 180 Å². The number of aromatic nitrogens is 1. The number of amides is 1. The molecule has 1 N–H and O–H groups in total. The van der Waals surface area contributed by atoms with Gasteiger partial charge in [-0.05, 0) is 42.7 Å². The summed E-state index contributed by atoms with van der Waals surface area (Å²) in [7, 11) is 0. The first-order valence-corrected chi connectivity index (χ1v) is 10.2. The van der Waals surface area contributed by atoms with Crippen molar-refractivity contribution < 1.29 is 9.18 Å². The van der Waals surface area contributed by atoms with Crippen LogP contribution in [0.2, 0.25) is 5.02 Å². The van der Waals surface area contributed by atoms with Gasteiger partial charge in [-0.3, -0.25) is 4.79 Å². The molecule has 0 radical (unpaired) electrons. The number of hydrogen-bond donors (Lipinski definition) is 1. The molecule has 0 unspecified atom stereocenters. The third-order valence-corrected chi connectivity index (χ3v) is 5.46. The molecule has 1 aromatic heterocycles. The molecule has 1 amide bonds. The van der Waals surface area contributed by atoms with Crippen LogP contribution in [0.4, 0.5) is 4.39 Å². The van der Waals surface area contributed by atoms with Crippen molar-refractivity contribution in [3.8, 4) is 0 Å². The minimum Gasteiger partial charge on any atom is -0.352 e. The number of carbonyl (C=O) groups excluding carboxylic acids is 1. The molecule has 0 atom stereocenters. The van der Waals surface area contributed by atoms with Gasteiger partial charge in [-0.25, -0.2) is 4.39 Å². The van der Waals surface area contributed by atoms with E-state index in [-0.39, 0.29) is 10.9 Å². The first-order valence-electron chi connectivity index (χ1n) is 9.87. The molecule has 1 heterocycles. The average molecular weight is 421 g/mol. The number of benzene rings is 3. The van der Waals surface area contributed by atoms with Gasteiger partial charge in [0.05, 0.1) is 10.6 Å². The van der Waals surface area contributed by atoms with Gasteiger partial charge in [-0.1, -0.05) is 65.7 Å². The quantitative estimate of drug-likeness (QED) is 0.422. The van der Waals surface area contributed by atoms with Crippen molar-refractivity contribution >= 4 is 28.4 Å². The molecule has 5 heteroatoms. The first kappa shape index (κ1) is 20.2. The maximum atomic E-state index is 13.6. The number of aryl methyl sites for hydroxylation is 1. The highest BCUT2D eigenvalue weighted by molar-refractivity contribution is 6.30. The smallest absolute Gasteiger partial charge is 0.253 e. The number of para-hydroxylation sites is 1. The van der Waals surface area contributed by atoms with Crippen LogP contribution < -0.4 is 5.32 Å². The van der Waals surface area contributed by atoms with Gasteiger partial charge in [-0.15, -0.1) is 0 Å². The van der Waals surface area contributed by atoms with E-state index in [9.17, 15) is 9.18 Å². The van der Waals surface area contributed by atoms with E-state index in [1.165, 1.54) is 23.3 Å². The van der Waals surface area contributed by atoms with Crippen molar-refractivity contribution in [2.75, 3.05) is 6.54 Å². The molecule has 0 saturated carbocycles. The number of hydrogen-bond acceptors (Lipinski definition) is 1. The molecule has 0 bridgehead atoms. The largest absolute Gasteiger partial charge is 0.352 e. The van der Waals surface area contributed by atoms with E-state index in [0.717, 1.165) is 16.5 Å². The van der Waals surface area contributed by atoms with Crippen molar-refractivity contribution in [2.45, 2.75) is 19.9 Å². The predicted octanol–water partition coefficient (Wildman–Crippen LogP) is 5.76. The monoisotopic (exact) mass is 420 g/mol. The Bertz CT molecular complexity index is 1210. The fourth-order valence-electron chi connectivity index (χ4n) is 3.68. The summed E-state index contributed by atoms with van der Waals surface area (Å²) in [6, 6.07) is 21.0. The van der Waals surface area contributed by atoms with Crippen LogP contribution in [-0.2, 0) is 13.0 Å². The Morgan fingerprint density at radius 1 is 1.03 bits per heavy atom. The highest BCUT2D eigenvalue weighted by atomic mass is 35.5. The summed E-state index contributed by atoms with van der Waals surface area (Å²) in [5.74, 6) is -0.580. The van der Waals surface area contributed by atoms with Gasteiger partial charge >= 0.3 is 0 Å². The summed E-state index contributed by atoms with van der Waals surface area (Å²) in [5.41, 5.74) is 4.84. The number of nitrogens with zero attached hydrogens (tertiary/aromatic N) is 1. The number of nitrogens with one attached hydrogen (secondary N) is 1. The molecule has 0 aliphatic heterocycles. The fourth-order valence-corrected chi connectivity index (χ4v) is 3.79. The number of halogens is 2. The summed E-state index contributed by atoms with van der Waals surface area (Å²) in [6.45, 7) is 3.18. The minimum atomic E-state index is -0.445. The van der Waals surface area contributed by atoms with Gasteiger partial charge in [-0.2, -0.15) is 0 Å². The lowest BCUT2D eigenvalue weighted by Crippen LogP contribution is -2.25. The van der Waals surface area contributed by atoms with Gasteiger partial charge in [0.15, 0.2) is 0 Å². The lowest BCUT2D eigenvalue weighted by Gasteiger charge is -2.06. The van der Waals surface area contributed by atoms with Crippen molar-refractivity contribution in [1.29, 1.82) is 0 Å². The van der Waals surface area contributed by atoms with Gasteiger partial charge in [0.1, 0.15) is 5.82 Å². The molecule has 0 saturated heterocycles. The van der Waals surface area contributed by atoms with Crippen LogP contribution in [0.3, 0.4) is 0 Å². The average Bonchev–Trinajstić information content (AvgIpc) is 3.09. The highest BCUT2D eigenvalue weighted by Crippen LogP contribution is 2.23. The van der Waals surface area contributed by atoms with Crippen LogP contribution in [0.5, 0.6) is 0 Å². The molecule has 152 valence electrons. The van der Waals surface area contributed by atoms with Gasteiger partial charge in [0.2, 0.25) is 0 Å². The van der Waals surface area contributed by atoms with Gasteiger partial charge in [0.25, 0.3) is 5.91 Å².